The van der Waals surface area contributed by atoms with E-state index >= 15 is 0 Å². The van der Waals surface area contributed by atoms with Crippen molar-refractivity contribution in [3.8, 4) is 0 Å². The molecule has 1 fully saturated rings. The summed E-state index contributed by atoms with van der Waals surface area (Å²) < 4.78 is 0. The van der Waals surface area contributed by atoms with Crippen molar-refractivity contribution in [1.82, 2.24) is 10.2 Å². The highest BCUT2D eigenvalue weighted by atomic mass is 16.4. The zero-order valence-corrected chi connectivity index (χ0v) is 10.1. The van der Waals surface area contributed by atoms with E-state index in [0.717, 1.165) is 18.7 Å². The number of carbonyl (C=O) groups is 1. The second-order valence-electron chi connectivity index (χ2n) is 4.62. The molecule has 0 amide bonds. The third-order valence-electron chi connectivity index (χ3n) is 3.33. The average Bonchev–Trinajstić information content (AvgIpc) is 2.29. The molecule has 0 aromatic carbocycles. The summed E-state index contributed by atoms with van der Waals surface area (Å²) in [6.07, 6.45) is 3.53. The lowest BCUT2D eigenvalue weighted by atomic mass is 9.97. The predicted octanol–water partition coefficient (Wildman–Crippen LogP) is 1.94. The van der Waals surface area contributed by atoms with Crippen LogP contribution in [0.4, 0.5) is 5.82 Å². The van der Waals surface area contributed by atoms with Crippen LogP contribution in [0.3, 0.4) is 0 Å². The van der Waals surface area contributed by atoms with Gasteiger partial charge in [0.25, 0.3) is 0 Å². The van der Waals surface area contributed by atoms with Gasteiger partial charge in [-0.2, -0.15) is 0 Å². The van der Waals surface area contributed by atoms with Gasteiger partial charge in [0, 0.05) is 12.1 Å². The van der Waals surface area contributed by atoms with Gasteiger partial charge < -0.3 is 10.0 Å². The Morgan fingerprint density at radius 3 is 2.41 bits per heavy atom. The van der Waals surface area contributed by atoms with Gasteiger partial charge in [-0.25, -0.2) is 4.79 Å². The number of piperidine rings is 1. The molecule has 1 N–H and O–H groups in total. The number of hydrogen-bond acceptors (Lipinski definition) is 4. The molecule has 2 heterocycles. The van der Waals surface area contributed by atoms with Gasteiger partial charge >= 0.3 is 5.97 Å². The van der Waals surface area contributed by atoms with Gasteiger partial charge in [0.05, 0.1) is 0 Å². The topological polar surface area (TPSA) is 66.3 Å². The highest BCUT2D eigenvalue weighted by Gasteiger charge is 2.26. The minimum Gasteiger partial charge on any atom is -0.476 e. The van der Waals surface area contributed by atoms with Crippen LogP contribution in [0.2, 0.25) is 0 Å². The summed E-state index contributed by atoms with van der Waals surface area (Å²) in [6, 6.07) is 4.13. The van der Waals surface area contributed by atoms with Crippen molar-refractivity contribution in [2.45, 2.75) is 45.2 Å². The van der Waals surface area contributed by atoms with Crippen LogP contribution >= 0.6 is 0 Å². The minimum absolute atomic E-state index is 0.00827. The first kappa shape index (κ1) is 11.8. The number of aromatic nitrogens is 2. The van der Waals surface area contributed by atoms with Crippen molar-refractivity contribution >= 4 is 11.8 Å². The summed E-state index contributed by atoms with van der Waals surface area (Å²) in [5.41, 5.74) is -0.00827. The number of carboxylic acid groups (broad SMARTS) is 1. The lowest BCUT2D eigenvalue weighted by Gasteiger charge is -2.39. The molecule has 17 heavy (non-hydrogen) atoms. The molecule has 1 aliphatic rings. The predicted molar refractivity (Wildman–Crippen MR) is 64.2 cm³/mol. The Bertz CT molecular complexity index is 395. The highest BCUT2D eigenvalue weighted by Crippen LogP contribution is 2.27. The fourth-order valence-corrected chi connectivity index (χ4v) is 2.45. The van der Waals surface area contributed by atoms with Crippen molar-refractivity contribution in [3.05, 3.63) is 17.8 Å². The van der Waals surface area contributed by atoms with Gasteiger partial charge in [0.2, 0.25) is 0 Å². The Balaban J connectivity index is 2.23. The molecule has 0 spiro atoms. The van der Waals surface area contributed by atoms with Crippen LogP contribution < -0.4 is 4.90 Å². The summed E-state index contributed by atoms with van der Waals surface area (Å²) in [4.78, 5) is 12.9. The van der Waals surface area contributed by atoms with Crippen LogP contribution in [-0.4, -0.2) is 33.4 Å². The highest BCUT2D eigenvalue weighted by molar-refractivity contribution is 5.85. The Labute approximate surface area is 100 Å². The minimum atomic E-state index is -1.04. The molecule has 1 aromatic rings. The molecule has 92 valence electrons. The van der Waals surface area contributed by atoms with E-state index in [1.165, 1.54) is 12.5 Å². The van der Waals surface area contributed by atoms with Crippen LogP contribution in [0.25, 0.3) is 0 Å². The zero-order valence-electron chi connectivity index (χ0n) is 10.1. The van der Waals surface area contributed by atoms with Gasteiger partial charge in [-0.3, -0.25) is 0 Å². The molecule has 5 nitrogen and oxygen atoms in total. The van der Waals surface area contributed by atoms with Crippen molar-refractivity contribution in [2.24, 2.45) is 0 Å². The monoisotopic (exact) mass is 235 g/mol. The third-order valence-corrected chi connectivity index (χ3v) is 3.33. The summed E-state index contributed by atoms with van der Waals surface area (Å²) in [5.74, 6) is -0.265. The number of anilines is 1. The molecule has 1 aliphatic heterocycles. The second-order valence-corrected chi connectivity index (χ2v) is 4.62. The summed E-state index contributed by atoms with van der Waals surface area (Å²) >= 11 is 0. The third kappa shape index (κ3) is 2.38. The maximum absolute atomic E-state index is 10.7. The Hall–Kier alpha value is -1.65. The average molecular weight is 235 g/mol. The standard InChI is InChI=1S/C12H17N3O2/c1-8-4-3-5-9(2)15(8)11-7-6-10(12(16)17)13-14-11/h6-9H,3-5H2,1-2H3,(H,16,17)/t8-,9+. The number of rotatable bonds is 2. The maximum Gasteiger partial charge on any atom is 0.356 e. The molecule has 0 aliphatic carbocycles. The molecule has 0 bridgehead atoms. The smallest absolute Gasteiger partial charge is 0.356 e. The van der Waals surface area contributed by atoms with Gasteiger partial charge in [-0.05, 0) is 45.2 Å². The number of hydrogen-bond donors (Lipinski definition) is 1. The van der Waals surface area contributed by atoms with E-state index in [0.29, 0.717) is 12.1 Å². The van der Waals surface area contributed by atoms with E-state index in [1.807, 2.05) is 0 Å². The Kier molecular flexibility index (Phi) is 3.26. The molecule has 0 unspecified atom stereocenters. The van der Waals surface area contributed by atoms with E-state index in [-0.39, 0.29) is 5.69 Å². The van der Waals surface area contributed by atoms with E-state index < -0.39 is 5.97 Å². The van der Waals surface area contributed by atoms with E-state index in [4.69, 9.17) is 5.11 Å². The Morgan fingerprint density at radius 1 is 1.29 bits per heavy atom. The van der Waals surface area contributed by atoms with E-state index in [9.17, 15) is 4.79 Å². The van der Waals surface area contributed by atoms with Gasteiger partial charge in [0.15, 0.2) is 11.5 Å². The normalized spacial score (nSPS) is 24.7. The fraction of sp³-hybridized carbons (Fsp3) is 0.583. The molecule has 2 rings (SSSR count). The largest absolute Gasteiger partial charge is 0.476 e. The Morgan fingerprint density at radius 2 is 1.94 bits per heavy atom. The van der Waals surface area contributed by atoms with Crippen LogP contribution in [0, 0.1) is 0 Å². The van der Waals surface area contributed by atoms with Crippen LogP contribution in [0.5, 0.6) is 0 Å². The van der Waals surface area contributed by atoms with Crippen LogP contribution in [-0.2, 0) is 0 Å². The summed E-state index contributed by atoms with van der Waals surface area (Å²) in [7, 11) is 0. The molecular formula is C12H17N3O2. The molecule has 1 saturated heterocycles. The van der Waals surface area contributed by atoms with Crippen LogP contribution in [0.15, 0.2) is 12.1 Å². The summed E-state index contributed by atoms with van der Waals surface area (Å²) in [6.45, 7) is 4.34. The maximum atomic E-state index is 10.7. The van der Waals surface area contributed by atoms with Gasteiger partial charge in [0.1, 0.15) is 0 Å². The number of aromatic carboxylic acids is 1. The number of nitrogens with zero attached hydrogens (tertiary/aromatic N) is 3. The molecular weight excluding hydrogens is 218 g/mol. The molecule has 0 radical (unpaired) electrons. The van der Waals surface area contributed by atoms with E-state index in [1.54, 1.807) is 6.07 Å². The van der Waals surface area contributed by atoms with Crippen molar-refractivity contribution in [2.75, 3.05) is 4.90 Å². The first-order chi connectivity index (χ1) is 8.09. The molecule has 1 aromatic heterocycles. The van der Waals surface area contributed by atoms with Crippen LogP contribution in [0.1, 0.15) is 43.6 Å². The second kappa shape index (κ2) is 4.69. The molecule has 0 saturated carbocycles. The number of carboxylic acids is 1. The van der Waals surface area contributed by atoms with Gasteiger partial charge in [-0.15, -0.1) is 10.2 Å². The molecule has 5 heteroatoms. The van der Waals surface area contributed by atoms with Crippen molar-refractivity contribution < 1.29 is 9.90 Å². The lowest BCUT2D eigenvalue weighted by Crippen LogP contribution is -2.44. The first-order valence-corrected chi connectivity index (χ1v) is 5.95. The first-order valence-electron chi connectivity index (χ1n) is 5.95. The quantitative estimate of drug-likeness (QED) is 0.848. The van der Waals surface area contributed by atoms with Crippen molar-refractivity contribution in [1.29, 1.82) is 0 Å². The SMILES string of the molecule is C[C@@H]1CCC[C@H](C)N1c1ccc(C(=O)O)nn1. The molecule has 2 atom stereocenters. The lowest BCUT2D eigenvalue weighted by molar-refractivity contribution is 0.0689. The fourth-order valence-electron chi connectivity index (χ4n) is 2.45. The zero-order chi connectivity index (χ0) is 12.4. The van der Waals surface area contributed by atoms with Gasteiger partial charge in [-0.1, -0.05) is 0 Å². The van der Waals surface area contributed by atoms with Crippen molar-refractivity contribution in [3.63, 3.8) is 0 Å². The van der Waals surface area contributed by atoms with E-state index in [2.05, 4.69) is 28.9 Å². The summed E-state index contributed by atoms with van der Waals surface area (Å²) in [5, 5.41) is 16.5.